The van der Waals surface area contributed by atoms with Gasteiger partial charge in [-0.15, -0.1) is 0 Å². The topological polar surface area (TPSA) is 75.4 Å². The first-order chi connectivity index (χ1) is 9.66. The number of nitrogens with one attached hydrogen (secondary N) is 1. The van der Waals surface area contributed by atoms with Gasteiger partial charge in [0.25, 0.3) is 0 Å². The Morgan fingerprint density at radius 1 is 1.43 bits per heavy atom. The second-order valence-electron chi connectivity index (χ2n) is 4.81. The molecule has 0 bridgehead atoms. The molecule has 3 N–H and O–H groups in total. The highest BCUT2D eigenvalue weighted by atomic mass is 79.9. The van der Waals surface area contributed by atoms with E-state index in [-0.39, 0.29) is 21.7 Å². The zero-order valence-electron chi connectivity index (χ0n) is 11.8. The summed E-state index contributed by atoms with van der Waals surface area (Å²) in [4.78, 5) is 1.46. The van der Waals surface area contributed by atoms with E-state index < -0.39 is 20.7 Å². The van der Waals surface area contributed by atoms with Crippen molar-refractivity contribution in [2.24, 2.45) is 0 Å². The van der Waals surface area contributed by atoms with Gasteiger partial charge in [0.2, 0.25) is 10.0 Å². The van der Waals surface area contributed by atoms with E-state index in [1.165, 1.54) is 0 Å². The minimum Gasteiger partial charge on any atom is -0.395 e. The lowest BCUT2D eigenvalue weighted by Crippen LogP contribution is -2.26. The molecule has 120 valence electrons. The van der Waals surface area contributed by atoms with Crippen LogP contribution in [0.2, 0.25) is 5.02 Å². The molecular weight excluding hydrogens is 385 g/mol. The third-order valence-electron chi connectivity index (χ3n) is 2.77. The van der Waals surface area contributed by atoms with Crippen molar-refractivity contribution in [1.82, 2.24) is 9.62 Å². The fourth-order valence-electron chi connectivity index (χ4n) is 1.63. The Kier molecular flexibility index (Phi) is 6.86. The summed E-state index contributed by atoms with van der Waals surface area (Å²) in [5.74, 6) is -1.01. The van der Waals surface area contributed by atoms with E-state index in [0.29, 0.717) is 6.42 Å². The molecule has 0 aromatic heterocycles. The van der Waals surface area contributed by atoms with Gasteiger partial charge in [0.05, 0.1) is 15.2 Å². The fourth-order valence-corrected chi connectivity index (χ4v) is 3.38. The zero-order chi connectivity index (χ0) is 16.2. The molecule has 0 spiro atoms. The smallest absolute Gasteiger partial charge is 0.243 e. The number of hydrogen-bond donors (Lipinski definition) is 2. The molecule has 1 aromatic carbocycles. The summed E-state index contributed by atoms with van der Waals surface area (Å²) in [6.07, 6.45) is 1.49. The van der Waals surface area contributed by atoms with Crippen LogP contribution in [0.3, 0.4) is 0 Å². The van der Waals surface area contributed by atoms with Crippen LogP contribution in [-0.4, -0.2) is 40.5 Å². The number of unbranched alkanes of at least 4 members (excludes halogenated alkanes) is 1. The minimum absolute atomic E-state index is 0.0434. The van der Waals surface area contributed by atoms with E-state index in [1.807, 2.05) is 19.0 Å². The quantitative estimate of drug-likeness (QED) is 0.417. The molecule has 0 saturated carbocycles. The van der Waals surface area contributed by atoms with Crippen molar-refractivity contribution in [3.8, 4) is 0 Å². The van der Waals surface area contributed by atoms with Gasteiger partial charge in [0.15, 0.2) is 5.82 Å². The van der Waals surface area contributed by atoms with Gasteiger partial charge < -0.3 is 10.6 Å². The summed E-state index contributed by atoms with van der Waals surface area (Å²) in [6.45, 7) is 1.08. The molecule has 1 rings (SSSR count). The number of nitrogen functional groups attached to an aromatic ring is 1. The monoisotopic (exact) mass is 401 g/mol. The van der Waals surface area contributed by atoms with Crippen LogP contribution in [0.4, 0.5) is 10.1 Å². The van der Waals surface area contributed by atoms with E-state index in [9.17, 15) is 12.8 Å². The van der Waals surface area contributed by atoms with Crippen molar-refractivity contribution >= 4 is 43.2 Å². The van der Waals surface area contributed by atoms with Crippen LogP contribution in [-0.2, 0) is 10.0 Å². The van der Waals surface area contributed by atoms with Crippen LogP contribution in [0.5, 0.6) is 0 Å². The summed E-state index contributed by atoms with van der Waals surface area (Å²) >= 11 is 8.83. The molecule has 0 fully saturated rings. The van der Waals surface area contributed by atoms with Gasteiger partial charge in [-0.1, -0.05) is 11.6 Å². The summed E-state index contributed by atoms with van der Waals surface area (Å²) in [5.41, 5.74) is 5.16. The average Bonchev–Trinajstić information content (AvgIpc) is 2.39. The van der Waals surface area contributed by atoms with Crippen molar-refractivity contribution in [2.75, 3.05) is 32.9 Å². The molecule has 0 unspecified atom stereocenters. The number of benzene rings is 1. The van der Waals surface area contributed by atoms with E-state index in [2.05, 4.69) is 20.7 Å². The lowest BCUT2D eigenvalue weighted by molar-refractivity contribution is 0.394. The third-order valence-corrected chi connectivity index (χ3v) is 5.61. The molecule has 0 aliphatic heterocycles. The van der Waals surface area contributed by atoms with Crippen molar-refractivity contribution in [2.45, 2.75) is 17.7 Å². The molecule has 0 saturated heterocycles. The van der Waals surface area contributed by atoms with Crippen molar-refractivity contribution in [3.05, 3.63) is 21.4 Å². The van der Waals surface area contributed by atoms with E-state index in [4.69, 9.17) is 17.3 Å². The third kappa shape index (κ3) is 5.07. The Hall–Kier alpha value is -0.410. The zero-order valence-corrected chi connectivity index (χ0v) is 14.9. The first-order valence-electron chi connectivity index (χ1n) is 6.24. The van der Waals surface area contributed by atoms with Gasteiger partial charge in [-0.3, -0.25) is 0 Å². The predicted molar refractivity (Wildman–Crippen MR) is 86.5 cm³/mol. The van der Waals surface area contributed by atoms with Gasteiger partial charge in [0.1, 0.15) is 4.90 Å². The van der Waals surface area contributed by atoms with Crippen molar-refractivity contribution in [3.63, 3.8) is 0 Å². The van der Waals surface area contributed by atoms with Crippen LogP contribution in [0.25, 0.3) is 0 Å². The van der Waals surface area contributed by atoms with Gasteiger partial charge in [0, 0.05) is 6.54 Å². The highest BCUT2D eigenvalue weighted by Crippen LogP contribution is 2.34. The minimum atomic E-state index is -3.98. The van der Waals surface area contributed by atoms with Crippen LogP contribution in [0, 0.1) is 5.82 Å². The van der Waals surface area contributed by atoms with E-state index in [0.717, 1.165) is 19.0 Å². The SMILES string of the molecule is CN(C)CCCCNS(=O)(=O)c1cc(Cl)c(Br)c(N)c1F. The Balaban J connectivity index is 2.80. The second kappa shape index (κ2) is 7.73. The Bertz CT molecular complexity index is 611. The Morgan fingerprint density at radius 2 is 2.05 bits per heavy atom. The number of hydrogen-bond acceptors (Lipinski definition) is 4. The number of anilines is 1. The summed E-state index contributed by atoms with van der Waals surface area (Å²) in [6, 6.07) is 1.04. The molecule has 0 radical (unpaired) electrons. The first-order valence-corrected chi connectivity index (χ1v) is 8.89. The van der Waals surface area contributed by atoms with Crippen LogP contribution < -0.4 is 10.5 Å². The Labute approximate surface area is 137 Å². The lowest BCUT2D eigenvalue weighted by Gasteiger charge is -2.12. The normalized spacial score (nSPS) is 12.1. The second-order valence-corrected chi connectivity index (χ2v) is 7.74. The molecule has 0 aliphatic rings. The molecule has 1 aromatic rings. The van der Waals surface area contributed by atoms with Crippen molar-refractivity contribution < 1.29 is 12.8 Å². The molecule has 9 heteroatoms. The molecule has 0 aliphatic carbocycles. The number of halogens is 3. The standard InChI is InChI=1S/C12H18BrClFN3O2S/c1-18(2)6-4-3-5-17-21(19,20)9-7-8(14)10(13)12(16)11(9)15/h7,17H,3-6,16H2,1-2H3. The first kappa shape index (κ1) is 18.6. The van der Waals surface area contributed by atoms with E-state index >= 15 is 0 Å². The maximum atomic E-state index is 14.0. The van der Waals surface area contributed by atoms with Crippen molar-refractivity contribution in [1.29, 1.82) is 0 Å². The molecule has 0 heterocycles. The van der Waals surface area contributed by atoms with Crippen LogP contribution >= 0.6 is 27.5 Å². The van der Waals surface area contributed by atoms with Gasteiger partial charge in [-0.2, -0.15) is 0 Å². The van der Waals surface area contributed by atoms with Crippen LogP contribution in [0.1, 0.15) is 12.8 Å². The average molecular weight is 403 g/mol. The number of sulfonamides is 1. The summed E-state index contributed by atoms with van der Waals surface area (Å²) in [5, 5.41) is 0.0434. The van der Waals surface area contributed by atoms with Crippen LogP contribution in [0.15, 0.2) is 15.4 Å². The maximum absolute atomic E-state index is 14.0. The molecule has 5 nitrogen and oxygen atoms in total. The summed E-state index contributed by atoms with van der Waals surface area (Å²) in [7, 11) is -0.104. The molecule has 0 atom stereocenters. The van der Waals surface area contributed by atoms with Gasteiger partial charge in [-0.25, -0.2) is 17.5 Å². The fraction of sp³-hybridized carbons (Fsp3) is 0.500. The van der Waals surface area contributed by atoms with E-state index in [1.54, 1.807) is 0 Å². The predicted octanol–water partition coefficient (Wildman–Crippen LogP) is 2.44. The van der Waals surface area contributed by atoms with Gasteiger partial charge in [-0.05, 0) is 55.5 Å². The highest BCUT2D eigenvalue weighted by Gasteiger charge is 2.23. The number of rotatable bonds is 7. The summed E-state index contributed by atoms with van der Waals surface area (Å²) < 4.78 is 40.6. The molecule has 0 amide bonds. The number of nitrogens with zero attached hydrogens (tertiary/aromatic N) is 1. The lowest BCUT2D eigenvalue weighted by atomic mass is 10.3. The number of nitrogens with two attached hydrogens (primary N) is 1. The molecule has 21 heavy (non-hydrogen) atoms. The maximum Gasteiger partial charge on any atom is 0.243 e. The Morgan fingerprint density at radius 3 is 2.62 bits per heavy atom. The van der Waals surface area contributed by atoms with Gasteiger partial charge >= 0.3 is 0 Å². The highest BCUT2D eigenvalue weighted by molar-refractivity contribution is 9.10. The molecular formula is C12H18BrClFN3O2S. The largest absolute Gasteiger partial charge is 0.395 e.